The van der Waals surface area contributed by atoms with Crippen molar-refractivity contribution in [2.45, 2.75) is 26.9 Å². The van der Waals surface area contributed by atoms with Gasteiger partial charge in [-0.05, 0) is 23.1 Å². The highest BCUT2D eigenvalue weighted by Gasteiger charge is 2.18. The van der Waals surface area contributed by atoms with Crippen molar-refractivity contribution in [2.75, 3.05) is 7.11 Å². The number of aliphatic hydroxyl groups excluding tert-OH is 1. The van der Waals surface area contributed by atoms with Gasteiger partial charge in [-0.1, -0.05) is 45.1 Å². The van der Waals surface area contributed by atoms with Gasteiger partial charge in [0.2, 0.25) is 0 Å². The predicted molar refractivity (Wildman–Crippen MR) is 67.5 cm³/mol. The summed E-state index contributed by atoms with van der Waals surface area (Å²) in [6, 6.07) is 7.74. The van der Waals surface area contributed by atoms with Gasteiger partial charge in [-0.2, -0.15) is 0 Å². The van der Waals surface area contributed by atoms with E-state index in [1.54, 1.807) is 7.11 Å². The quantitative estimate of drug-likeness (QED) is 0.848. The highest BCUT2D eigenvalue weighted by atomic mass is 16.5. The van der Waals surface area contributed by atoms with Gasteiger partial charge >= 0.3 is 0 Å². The molecule has 0 aliphatic carbocycles. The molecule has 0 aliphatic rings. The van der Waals surface area contributed by atoms with Crippen molar-refractivity contribution in [2.24, 2.45) is 5.41 Å². The van der Waals surface area contributed by atoms with Crippen LogP contribution in [0, 0.1) is 5.41 Å². The standard InChI is InChI=1S/C14H20O2/c1-14(2,3)13(15)10-7-11-5-8-12(16-4)9-6-11/h5-10,13,15H,1-4H3/b10-7+. The highest BCUT2D eigenvalue weighted by Crippen LogP contribution is 2.21. The van der Waals surface area contributed by atoms with E-state index in [-0.39, 0.29) is 5.41 Å². The summed E-state index contributed by atoms with van der Waals surface area (Å²) in [5, 5.41) is 9.84. The monoisotopic (exact) mass is 220 g/mol. The molecule has 0 heterocycles. The van der Waals surface area contributed by atoms with Crippen LogP contribution < -0.4 is 4.74 Å². The van der Waals surface area contributed by atoms with E-state index < -0.39 is 6.10 Å². The average Bonchev–Trinajstić information content (AvgIpc) is 2.25. The molecule has 88 valence electrons. The van der Waals surface area contributed by atoms with E-state index in [0.717, 1.165) is 11.3 Å². The zero-order valence-corrected chi connectivity index (χ0v) is 10.4. The Labute approximate surface area is 97.6 Å². The van der Waals surface area contributed by atoms with Crippen LogP contribution in [0.4, 0.5) is 0 Å². The van der Waals surface area contributed by atoms with Gasteiger partial charge in [0.1, 0.15) is 5.75 Å². The van der Waals surface area contributed by atoms with Crippen molar-refractivity contribution in [3.05, 3.63) is 35.9 Å². The molecule has 16 heavy (non-hydrogen) atoms. The van der Waals surface area contributed by atoms with Crippen molar-refractivity contribution in [3.63, 3.8) is 0 Å². The van der Waals surface area contributed by atoms with Crippen LogP contribution in [0.5, 0.6) is 5.75 Å². The van der Waals surface area contributed by atoms with Crippen molar-refractivity contribution in [1.29, 1.82) is 0 Å². The predicted octanol–water partition coefficient (Wildman–Crippen LogP) is 3.12. The van der Waals surface area contributed by atoms with Crippen LogP contribution in [-0.2, 0) is 0 Å². The van der Waals surface area contributed by atoms with E-state index in [4.69, 9.17) is 4.74 Å². The minimum atomic E-state index is -0.436. The van der Waals surface area contributed by atoms with E-state index in [0.29, 0.717) is 0 Å². The molecule has 1 unspecified atom stereocenters. The van der Waals surface area contributed by atoms with E-state index >= 15 is 0 Å². The number of benzene rings is 1. The molecule has 0 aromatic heterocycles. The molecule has 0 amide bonds. The molecule has 0 radical (unpaired) electrons. The van der Waals surface area contributed by atoms with Gasteiger partial charge in [0.15, 0.2) is 0 Å². The summed E-state index contributed by atoms with van der Waals surface area (Å²) >= 11 is 0. The van der Waals surface area contributed by atoms with E-state index in [1.165, 1.54) is 0 Å². The van der Waals surface area contributed by atoms with Crippen LogP contribution in [0.1, 0.15) is 26.3 Å². The lowest BCUT2D eigenvalue weighted by molar-refractivity contribution is 0.106. The van der Waals surface area contributed by atoms with Gasteiger partial charge in [0.05, 0.1) is 13.2 Å². The summed E-state index contributed by atoms with van der Waals surface area (Å²) in [5.74, 6) is 0.841. The molecule has 0 aliphatic heterocycles. The van der Waals surface area contributed by atoms with E-state index in [2.05, 4.69) is 0 Å². The molecular weight excluding hydrogens is 200 g/mol. The fourth-order valence-corrected chi connectivity index (χ4v) is 1.21. The Balaban J connectivity index is 2.69. The normalized spacial score (nSPS) is 14.1. The Morgan fingerprint density at radius 2 is 1.75 bits per heavy atom. The Bertz CT molecular complexity index is 344. The van der Waals surface area contributed by atoms with Crippen molar-refractivity contribution in [1.82, 2.24) is 0 Å². The van der Waals surface area contributed by atoms with Crippen LogP contribution in [0.15, 0.2) is 30.3 Å². The molecule has 2 nitrogen and oxygen atoms in total. The second-order valence-electron chi connectivity index (χ2n) is 4.94. The van der Waals surface area contributed by atoms with Crippen LogP contribution >= 0.6 is 0 Å². The lowest BCUT2D eigenvalue weighted by Gasteiger charge is -2.22. The van der Waals surface area contributed by atoms with Crippen LogP contribution in [0.2, 0.25) is 0 Å². The summed E-state index contributed by atoms with van der Waals surface area (Å²) in [7, 11) is 1.65. The third kappa shape index (κ3) is 3.70. The molecule has 1 N–H and O–H groups in total. The van der Waals surface area contributed by atoms with E-state index in [1.807, 2.05) is 57.2 Å². The van der Waals surface area contributed by atoms with E-state index in [9.17, 15) is 5.11 Å². The summed E-state index contributed by atoms with van der Waals surface area (Å²) in [6.45, 7) is 6.03. The number of ether oxygens (including phenoxy) is 1. The zero-order valence-electron chi connectivity index (χ0n) is 10.4. The first-order valence-corrected chi connectivity index (χ1v) is 5.44. The van der Waals surface area contributed by atoms with Crippen molar-refractivity contribution < 1.29 is 9.84 Å². The molecule has 0 fully saturated rings. The van der Waals surface area contributed by atoms with Gasteiger partial charge in [-0.25, -0.2) is 0 Å². The fourth-order valence-electron chi connectivity index (χ4n) is 1.21. The summed E-state index contributed by atoms with van der Waals surface area (Å²) < 4.78 is 5.08. The van der Waals surface area contributed by atoms with Crippen LogP contribution in [0.25, 0.3) is 6.08 Å². The van der Waals surface area contributed by atoms with Crippen molar-refractivity contribution >= 4 is 6.08 Å². The smallest absolute Gasteiger partial charge is 0.118 e. The van der Waals surface area contributed by atoms with Gasteiger partial charge in [0, 0.05) is 0 Å². The second kappa shape index (κ2) is 5.17. The molecule has 0 bridgehead atoms. The van der Waals surface area contributed by atoms with Gasteiger partial charge in [0.25, 0.3) is 0 Å². The minimum Gasteiger partial charge on any atom is -0.497 e. The zero-order chi connectivity index (χ0) is 12.2. The maximum Gasteiger partial charge on any atom is 0.118 e. The minimum absolute atomic E-state index is 0.122. The summed E-state index contributed by atoms with van der Waals surface area (Å²) in [6.07, 6.45) is 3.31. The SMILES string of the molecule is COc1ccc(/C=C/C(O)C(C)(C)C)cc1. The molecule has 1 rings (SSSR count). The lowest BCUT2D eigenvalue weighted by Crippen LogP contribution is -2.23. The Morgan fingerprint density at radius 1 is 1.19 bits per heavy atom. The third-order valence-electron chi connectivity index (χ3n) is 2.47. The van der Waals surface area contributed by atoms with Crippen LogP contribution in [0.3, 0.4) is 0 Å². The number of aliphatic hydroxyl groups is 1. The maximum atomic E-state index is 9.84. The average molecular weight is 220 g/mol. The van der Waals surface area contributed by atoms with Crippen LogP contribution in [-0.4, -0.2) is 18.3 Å². The van der Waals surface area contributed by atoms with Crippen molar-refractivity contribution in [3.8, 4) is 5.75 Å². The summed E-state index contributed by atoms with van der Waals surface area (Å²) in [5.41, 5.74) is 0.937. The first-order chi connectivity index (χ1) is 7.43. The topological polar surface area (TPSA) is 29.5 Å². The van der Waals surface area contributed by atoms with Gasteiger partial charge in [-0.15, -0.1) is 0 Å². The van der Waals surface area contributed by atoms with Gasteiger partial charge in [-0.3, -0.25) is 0 Å². The van der Waals surface area contributed by atoms with Gasteiger partial charge < -0.3 is 9.84 Å². The summed E-state index contributed by atoms with van der Waals surface area (Å²) in [4.78, 5) is 0. The highest BCUT2D eigenvalue weighted by molar-refractivity contribution is 5.51. The Kier molecular flexibility index (Phi) is 4.13. The fraction of sp³-hybridized carbons (Fsp3) is 0.429. The largest absolute Gasteiger partial charge is 0.497 e. The number of hydrogen-bond acceptors (Lipinski definition) is 2. The molecule has 1 aromatic rings. The molecule has 0 saturated carbocycles. The Morgan fingerprint density at radius 3 is 2.19 bits per heavy atom. The molecule has 1 aromatic carbocycles. The molecule has 0 saturated heterocycles. The lowest BCUT2D eigenvalue weighted by atomic mass is 9.89. The Hall–Kier alpha value is -1.28. The second-order valence-corrected chi connectivity index (χ2v) is 4.94. The molecular formula is C14H20O2. The number of rotatable bonds is 3. The third-order valence-corrected chi connectivity index (χ3v) is 2.47. The molecule has 2 heteroatoms. The molecule has 0 spiro atoms. The number of methoxy groups -OCH3 is 1. The number of hydrogen-bond donors (Lipinski definition) is 1. The first kappa shape index (κ1) is 12.8. The first-order valence-electron chi connectivity index (χ1n) is 5.44. The maximum absolute atomic E-state index is 9.84. The molecule has 1 atom stereocenters.